The molecule has 0 saturated heterocycles. The Bertz CT molecular complexity index is 345. The van der Waals surface area contributed by atoms with Crippen LogP contribution in [0.15, 0.2) is 0 Å². The van der Waals surface area contributed by atoms with E-state index in [9.17, 15) is 4.79 Å². The third kappa shape index (κ3) is 3.28. The van der Waals surface area contributed by atoms with Crippen LogP contribution in [0.2, 0.25) is 0 Å². The van der Waals surface area contributed by atoms with Crippen molar-refractivity contribution in [3.8, 4) is 0 Å². The predicted molar refractivity (Wildman–Crippen MR) is 53.5 cm³/mol. The zero-order chi connectivity index (χ0) is 11.5. The highest BCUT2D eigenvalue weighted by Gasteiger charge is 2.24. The van der Waals surface area contributed by atoms with E-state index in [2.05, 4.69) is 20.7 Å². The maximum absolute atomic E-state index is 11.0. The standard InChI is InChI=1S/C8H16N6O/c1-8(2,7(9)15)5-10-4-6-11-13-14(3)12-6/h10H,4-5H2,1-3H3,(H2,9,15). The smallest absolute Gasteiger partial charge is 0.224 e. The van der Waals surface area contributed by atoms with Gasteiger partial charge in [-0.2, -0.15) is 4.80 Å². The van der Waals surface area contributed by atoms with Gasteiger partial charge < -0.3 is 11.1 Å². The van der Waals surface area contributed by atoms with Gasteiger partial charge in [-0.15, -0.1) is 10.2 Å². The van der Waals surface area contributed by atoms with Crippen molar-refractivity contribution in [3.05, 3.63) is 5.82 Å². The number of amides is 1. The molecule has 7 nitrogen and oxygen atoms in total. The Morgan fingerprint density at radius 3 is 2.73 bits per heavy atom. The normalized spacial score (nSPS) is 11.7. The van der Waals surface area contributed by atoms with E-state index < -0.39 is 5.41 Å². The summed E-state index contributed by atoms with van der Waals surface area (Å²) >= 11 is 0. The molecule has 1 aromatic rings. The van der Waals surface area contributed by atoms with Crippen molar-refractivity contribution in [1.29, 1.82) is 0 Å². The number of hydrogen-bond acceptors (Lipinski definition) is 5. The number of rotatable bonds is 5. The molecule has 0 saturated carbocycles. The molecule has 84 valence electrons. The molecule has 1 rings (SSSR count). The highest BCUT2D eigenvalue weighted by molar-refractivity contribution is 5.80. The number of tetrazole rings is 1. The largest absolute Gasteiger partial charge is 0.369 e. The third-order valence-corrected chi connectivity index (χ3v) is 2.07. The average molecular weight is 212 g/mol. The van der Waals surface area contributed by atoms with Crippen molar-refractivity contribution in [1.82, 2.24) is 25.5 Å². The van der Waals surface area contributed by atoms with E-state index in [0.29, 0.717) is 18.9 Å². The fourth-order valence-corrected chi connectivity index (χ4v) is 0.968. The van der Waals surface area contributed by atoms with Crippen LogP contribution in [0, 0.1) is 5.41 Å². The van der Waals surface area contributed by atoms with E-state index in [1.807, 2.05) is 0 Å². The van der Waals surface area contributed by atoms with Gasteiger partial charge in [0.1, 0.15) is 0 Å². The number of nitrogens with two attached hydrogens (primary N) is 1. The van der Waals surface area contributed by atoms with E-state index in [0.717, 1.165) is 0 Å². The number of aryl methyl sites for hydroxylation is 1. The summed E-state index contributed by atoms with van der Waals surface area (Å²) in [5.41, 5.74) is 4.66. The van der Waals surface area contributed by atoms with Gasteiger partial charge in [0.05, 0.1) is 19.0 Å². The highest BCUT2D eigenvalue weighted by Crippen LogP contribution is 2.11. The second-order valence-electron chi connectivity index (χ2n) is 4.05. The molecule has 0 aliphatic rings. The van der Waals surface area contributed by atoms with Gasteiger partial charge in [0, 0.05) is 6.54 Å². The van der Waals surface area contributed by atoms with Gasteiger partial charge in [0.25, 0.3) is 0 Å². The number of nitrogens with one attached hydrogen (secondary N) is 1. The van der Waals surface area contributed by atoms with Gasteiger partial charge in [-0.1, -0.05) is 0 Å². The molecule has 1 amide bonds. The first-order chi connectivity index (χ1) is 6.92. The van der Waals surface area contributed by atoms with Gasteiger partial charge in [0.2, 0.25) is 5.91 Å². The molecule has 3 N–H and O–H groups in total. The van der Waals surface area contributed by atoms with Crippen molar-refractivity contribution >= 4 is 5.91 Å². The first-order valence-electron chi connectivity index (χ1n) is 4.65. The topological polar surface area (TPSA) is 98.7 Å². The van der Waals surface area contributed by atoms with E-state index in [4.69, 9.17) is 5.73 Å². The minimum atomic E-state index is -0.567. The van der Waals surface area contributed by atoms with E-state index in [-0.39, 0.29) is 5.91 Å². The molecule has 1 aromatic heterocycles. The highest BCUT2D eigenvalue weighted by atomic mass is 16.1. The van der Waals surface area contributed by atoms with Crippen LogP contribution >= 0.6 is 0 Å². The Labute approximate surface area is 88.0 Å². The van der Waals surface area contributed by atoms with Crippen LogP contribution < -0.4 is 11.1 Å². The summed E-state index contributed by atoms with van der Waals surface area (Å²) in [6, 6.07) is 0. The summed E-state index contributed by atoms with van der Waals surface area (Å²) in [7, 11) is 1.70. The zero-order valence-electron chi connectivity index (χ0n) is 9.19. The average Bonchev–Trinajstić information content (AvgIpc) is 2.51. The lowest BCUT2D eigenvalue weighted by Crippen LogP contribution is -2.40. The van der Waals surface area contributed by atoms with Crippen LogP contribution in [0.4, 0.5) is 0 Å². The van der Waals surface area contributed by atoms with Crippen LogP contribution in [0.3, 0.4) is 0 Å². The van der Waals surface area contributed by atoms with E-state index in [1.54, 1.807) is 20.9 Å². The first kappa shape index (κ1) is 11.6. The number of aromatic nitrogens is 4. The van der Waals surface area contributed by atoms with Crippen molar-refractivity contribution in [2.24, 2.45) is 18.2 Å². The lowest BCUT2D eigenvalue weighted by Gasteiger charge is -2.20. The second kappa shape index (κ2) is 4.35. The number of primary amides is 1. The third-order valence-electron chi connectivity index (χ3n) is 2.07. The van der Waals surface area contributed by atoms with Crippen LogP contribution in [-0.4, -0.2) is 32.7 Å². The molecule has 0 fully saturated rings. The summed E-state index contributed by atoms with van der Waals surface area (Å²) in [6.45, 7) is 4.53. The Hall–Kier alpha value is -1.50. The van der Waals surface area contributed by atoms with Crippen molar-refractivity contribution in [2.75, 3.05) is 6.54 Å². The molecule has 0 aliphatic heterocycles. The van der Waals surface area contributed by atoms with Gasteiger partial charge in [-0.3, -0.25) is 4.79 Å². The molecule has 7 heteroatoms. The summed E-state index contributed by atoms with van der Waals surface area (Å²) in [4.78, 5) is 12.4. The molecule has 0 unspecified atom stereocenters. The van der Waals surface area contributed by atoms with E-state index >= 15 is 0 Å². The van der Waals surface area contributed by atoms with Gasteiger partial charge in [0.15, 0.2) is 5.82 Å². The van der Waals surface area contributed by atoms with Crippen molar-refractivity contribution in [2.45, 2.75) is 20.4 Å². The molecule has 0 aliphatic carbocycles. The van der Waals surface area contributed by atoms with Gasteiger partial charge in [-0.05, 0) is 19.1 Å². The van der Waals surface area contributed by atoms with Crippen molar-refractivity contribution in [3.63, 3.8) is 0 Å². The van der Waals surface area contributed by atoms with Crippen LogP contribution in [-0.2, 0) is 18.4 Å². The number of carbonyl (C=O) groups excluding carboxylic acids is 1. The lowest BCUT2D eigenvalue weighted by molar-refractivity contribution is -0.125. The SMILES string of the molecule is Cn1nnc(CNCC(C)(C)C(N)=O)n1. The van der Waals surface area contributed by atoms with Crippen LogP contribution in [0.5, 0.6) is 0 Å². The molecule has 0 radical (unpaired) electrons. The number of carbonyl (C=O) groups is 1. The molecule has 0 bridgehead atoms. The summed E-state index contributed by atoms with van der Waals surface area (Å²) in [6.07, 6.45) is 0. The summed E-state index contributed by atoms with van der Waals surface area (Å²) in [5, 5.41) is 14.5. The number of hydrogen-bond donors (Lipinski definition) is 2. The zero-order valence-corrected chi connectivity index (χ0v) is 9.19. The van der Waals surface area contributed by atoms with Gasteiger partial charge in [-0.25, -0.2) is 0 Å². The minimum absolute atomic E-state index is 0.331. The summed E-state index contributed by atoms with van der Waals surface area (Å²) in [5.74, 6) is 0.264. The molecule has 15 heavy (non-hydrogen) atoms. The Morgan fingerprint density at radius 1 is 1.60 bits per heavy atom. The fraction of sp³-hybridized carbons (Fsp3) is 0.750. The van der Waals surface area contributed by atoms with E-state index in [1.165, 1.54) is 4.80 Å². The molecule has 0 atom stereocenters. The Kier molecular flexibility index (Phi) is 3.35. The Morgan fingerprint density at radius 2 is 2.27 bits per heavy atom. The lowest BCUT2D eigenvalue weighted by atomic mass is 9.93. The van der Waals surface area contributed by atoms with Crippen LogP contribution in [0.1, 0.15) is 19.7 Å². The molecule has 0 spiro atoms. The first-order valence-corrected chi connectivity index (χ1v) is 4.65. The van der Waals surface area contributed by atoms with Crippen LogP contribution in [0.25, 0.3) is 0 Å². The number of nitrogens with zero attached hydrogens (tertiary/aromatic N) is 4. The molecular weight excluding hydrogens is 196 g/mol. The van der Waals surface area contributed by atoms with Crippen molar-refractivity contribution < 1.29 is 4.79 Å². The van der Waals surface area contributed by atoms with Gasteiger partial charge >= 0.3 is 0 Å². The second-order valence-corrected chi connectivity index (χ2v) is 4.05. The maximum atomic E-state index is 11.0. The molecular formula is C8H16N6O. The molecule has 1 heterocycles. The predicted octanol–water partition coefficient (Wildman–Crippen LogP) is -1.19. The Balaban J connectivity index is 2.36. The maximum Gasteiger partial charge on any atom is 0.224 e. The monoisotopic (exact) mass is 212 g/mol. The summed E-state index contributed by atoms with van der Waals surface area (Å²) < 4.78 is 0. The molecule has 0 aromatic carbocycles. The quantitative estimate of drug-likeness (QED) is 0.639. The fourth-order valence-electron chi connectivity index (χ4n) is 0.968. The minimum Gasteiger partial charge on any atom is -0.369 e.